The quantitative estimate of drug-likeness (QED) is 0.409. The molecule has 138 valence electrons. The van der Waals surface area contributed by atoms with E-state index in [2.05, 4.69) is 58.3 Å². The number of rotatable bonds is 6. The molecule has 0 unspecified atom stereocenters. The van der Waals surface area contributed by atoms with E-state index in [1.807, 2.05) is 19.1 Å². The normalized spacial score (nSPS) is 10.8. The first kappa shape index (κ1) is 20.7. The van der Waals surface area contributed by atoms with Crippen molar-refractivity contribution in [1.29, 1.82) is 0 Å². The number of hydrogen-bond acceptors (Lipinski definition) is 5. The van der Waals surface area contributed by atoms with E-state index in [9.17, 15) is 9.90 Å². The number of halogens is 3. The topological polar surface area (TPSA) is 80.2 Å². The zero-order chi connectivity index (χ0) is 19.3. The molecule has 0 aliphatic heterocycles. The van der Waals surface area contributed by atoms with Crippen LogP contribution in [0.1, 0.15) is 11.1 Å². The highest BCUT2D eigenvalue weighted by atomic mass is 79.9. The van der Waals surface area contributed by atoms with Gasteiger partial charge in [-0.05, 0) is 78.5 Å². The van der Waals surface area contributed by atoms with Crippen LogP contribution in [0, 0.1) is 6.92 Å². The molecular formula is C17H15Br3N2O4. The van der Waals surface area contributed by atoms with Gasteiger partial charge in [-0.1, -0.05) is 6.07 Å². The summed E-state index contributed by atoms with van der Waals surface area (Å²) in [7, 11) is 1.49. The zero-order valence-electron chi connectivity index (χ0n) is 13.8. The van der Waals surface area contributed by atoms with Gasteiger partial charge in [0, 0.05) is 5.56 Å². The van der Waals surface area contributed by atoms with Gasteiger partial charge >= 0.3 is 0 Å². The molecule has 0 radical (unpaired) electrons. The highest BCUT2D eigenvalue weighted by Crippen LogP contribution is 2.41. The van der Waals surface area contributed by atoms with Gasteiger partial charge in [0.1, 0.15) is 16.0 Å². The Morgan fingerprint density at radius 3 is 2.65 bits per heavy atom. The summed E-state index contributed by atoms with van der Waals surface area (Å²) in [4.78, 5) is 11.8. The predicted molar refractivity (Wildman–Crippen MR) is 110 cm³/mol. The van der Waals surface area contributed by atoms with Crippen LogP contribution in [-0.2, 0) is 4.79 Å². The second kappa shape index (κ2) is 9.38. The second-order valence-electron chi connectivity index (χ2n) is 5.16. The highest BCUT2D eigenvalue weighted by molar-refractivity contribution is 9.11. The molecule has 2 aromatic carbocycles. The van der Waals surface area contributed by atoms with Gasteiger partial charge in [0.25, 0.3) is 5.91 Å². The van der Waals surface area contributed by atoms with Gasteiger partial charge in [-0.2, -0.15) is 5.10 Å². The average Bonchev–Trinajstić information content (AvgIpc) is 2.59. The number of carbonyl (C=O) groups is 1. The summed E-state index contributed by atoms with van der Waals surface area (Å²) in [6.07, 6.45) is 1.32. The van der Waals surface area contributed by atoms with Gasteiger partial charge in [0.05, 0.1) is 22.3 Å². The second-order valence-corrected chi connectivity index (χ2v) is 7.66. The van der Waals surface area contributed by atoms with Gasteiger partial charge in [-0.3, -0.25) is 4.79 Å². The maximum atomic E-state index is 11.8. The summed E-state index contributed by atoms with van der Waals surface area (Å²) in [5.74, 6) is 0.541. The van der Waals surface area contributed by atoms with E-state index >= 15 is 0 Å². The molecule has 9 heteroatoms. The fourth-order valence-corrected chi connectivity index (χ4v) is 4.05. The molecule has 0 saturated carbocycles. The van der Waals surface area contributed by atoms with Crippen molar-refractivity contribution in [3.05, 3.63) is 48.8 Å². The molecule has 2 aromatic rings. The van der Waals surface area contributed by atoms with Crippen molar-refractivity contribution >= 4 is 59.9 Å². The minimum absolute atomic E-state index is 0.0529. The minimum atomic E-state index is -0.431. The molecule has 0 atom stereocenters. The smallest absolute Gasteiger partial charge is 0.277 e. The van der Waals surface area contributed by atoms with Gasteiger partial charge in [0.2, 0.25) is 0 Å². The van der Waals surface area contributed by atoms with E-state index < -0.39 is 5.91 Å². The third-order valence-electron chi connectivity index (χ3n) is 3.22. The number of aryl methyl sites for hydroxylation is 1. The Morgan fingerprint density at radius 2 is 2.00 bits per heavy atom. The average molecular weight is 551 g/mol. The molecule has 0 aliphatic rings. The van der Waals surface area contributed by atoms with Crippen molar-refractivity contribution in [2.75, 3.05) is 13.7 Å². The zero-order valence-corrected chi connectivity index (χ0v) is 18.6. The number of aromatic hydroxyl groups is 1. The van der Waals surface area contributed by atoms with Crippen LogP contribution in [0.15, 0.2) is 42.8 Å². The molecule has 2 rings (SSSR count). The van der Waals surface area contributed by atoms with Crippen molar-refractivity contribution in [2.24, 2.45) is 5.10 Å². The van der Waals surface area contributed by atoms with E-state index in [-0.39, 0.29) is 12.4 Å². The number of phenolic OH excluding ortho intramolecular Hbond substituents is 1. The SMILES string of the molecule is COc1c(Br)cc(/C=N/NC(=O)COc2ccc(C)cc2Br)c(O)c1Br. The maximum absolute atomic E-state index is 11.8. The third-order valence-corrected chi connectivity index (χ3v) is 5.17. The molecule has 6 nitrogen and oxygen atoms in total. The van der Waals surface area contributed by atoms with E-state index in [4.69, 9.17) is 9.47 Å². The third kappa shape index (κ3) is 5.21. The number of carbonyl (C=O) groups excluding carboxylic acids is 1. The number of ether oxygens (including phenoxy) is 2. The van der Waals surface area contributed by atoms with E-state index in [0.29, 0.717) is 26.0 Å². The molecule has 0 spiro atoms. The van der Waals surface area contributed by atoms with Gasteiger partial charge < -0.3 is 14.6 Å². The number of hydrazone groups is 1. The molecule has 0 fully saturated rings. The molecule has 0 aliphatic carbocycles. The van der Waals surface area contributed by atoms with Crippen LogP contribution in [0.4, 0.5) is 0 Å². The summed E-state index contributed by atoms with van der Waals surface area (Å²) in [6, 6.07) is 7.18. The van der Waals surface area contributed by atoms with Gasteiger partial charge in [-0.25, -0.2) is 5.43 Å². The Morgan fingerprint density at radius 1 is 1.27 bits per heavy atom. The van der Waals surface area contributed by atoms with Crippen LogP contribution in [0.3, 0.4) is 0 Å². The number of hydrogen-bond donors (Lipinski definition) is 2. The fourth-order valence-electron chi connectivity index (χ4n) is 1.97. The number of nitrogens with zero attached hydrogens (tertiary/aromatic N) is 1. The molecule has 0 heterocycles. The van der Waals surface area contributed by atoms with Crippen LogP contribution < -0.4 is 14.9 Å². The molecular weight excluding hydrogens is 536 g/mol. The number of phenols is 1. The maximum Gasteiger partial charge on any atom is 0.277 e. The summed E-state index contributed by atoms with van der Waals surface area (Å²) < 4.78 is 12.4. The summed E-state index contributed by atoms with van der Waals surface area (Å²) >= 11 is 9.96. The van der Waals surface area contributed by atoms with E-state index in [0.717, 1.165) is 10.0 Å². The van der Waals surface area contributed by atoms with Crippen molar-refractivity contribution in [3.63, 3.8) is 0 Å². The van der Waals surface area contributed by atoms with Gasteiger partial charge in [-0.15, -0.1) is 0 Å². The van der Waals surface area contributed by atoms with Crippen LogP contribution >= 0.6 is 47.8 Å². The highest BCUT2D eigenvalue weighted by Gasteiger charge is 2.14. The Kier molecular flexibility index (Phi) is 7.48. The van der Waals surface area contributed by atoms with E-state index in [1.165, 1.54) is 13.3 Å². The Balaban J connectivity index is 1.97. The van der Waals surface area contributed by atoms with Crippen LogP contribution in [-0.4, -0.2) is 30.9 Å². The fraction of sp³-hybridized carbons (Fsp3) is 0.176. The Labute approximate surface area is 176 Å². The summed E-state index contributed by atoms with van der Waals surface area (Å²) in [5, 5.41) is 14.0. The summed E-state index contributed by atoms with van der Waals surface area (Å²) in [5.41, 5.74) is 3.82. The van der Waals surface area contributed by atoms with E-state index in [1.54, 1.807) is 12.1 Å². The van der Waals surface area contributed by atoms with Crippen molar-refractivity contribution in [2.45, 2.75) is 6.92 Å². The first-order valence-corrected chi connectivity index (χ1v) is 9.67. The molecule has 1 amide bonds. The first-order chi connectivity index (χ1) is 12.3. The van der Waals surface area contributed by atoms with Gasteiger partial charge in [0.15, 0.2) is 12.4 Å². The molecule has 0 bridgehead atoms. The Hall–Kier alpha value is -1.58. The Bertz CT molecular complexity index is 856. The molecule has 0 saturated heterocycles. The first-order valence-electron chi connectivity index (χ1n) is 7.29. The lowest BCUT2D eigenvalue weighted by atomic mass is 10.2. The van der Waals surface area contributed by atoms with Crippen LogP contribution in [0.25, 0.3) is 0 Å². The van der Waals surface area contributed by atoms with Crippen LogP contribution in [0.2, 0.25) is 0 Å². The summed E-state index contributed by atoms with van der Waals surface area (Å²) in [6.45, 7) is 1.77. The predicted octanol–water partition coefficient (Wildman–Crippen LogP) is 4.53. The lowest BCUT2D eigenvalue weighted by Gasteiger charge is -2.10. The lowest BCUT2D eigenvalue weighted by molar-refractivity contribution is -0.123. The number of nitrogens with one attached hydrogen (secondary N) is 1. The number of methoxy groups -OCH3 is 1. The number of benzene rings is 2. The molecule has 2 N–H and O–H groups in total. The molecule has 26 heavy (non-hydrogen) atoms. The van der Waals surface area contributed by atoms with Crippen molar-refractivity contribution in [1.82, 2.24) is 5.43 Å². The molecule has 0 aromatic heterocycles. The van der Waals surface area contributed by atoms with Crippen molar-refractivity contribution in [3.8, 4) is 17.2 Å². The lowest BCUT2D eigenvalue weighted by Crippen LogP contribution is -2.24. The number of amides is 1. The monoisotopic (exact) mass is 548 g/mol. The standard InChI is InChI=1S/C17H15Br3N2O4/c1-9-3-4-13(11(18)5-9)26-8-14(23)22-21-7-10-6-12(19)17(25-2)15(20)16(10)24/h3-7,24H,8H2,1-2H3,(H,22,23)/b21-7+. The minimum Gasteiger partial charge on any atom is -0.506 e. The van der Waals surface area contributed by atoms with Crippen LogP contribution in [0.5, 0.6) is 17.2 Å². The largest absolute Gasteiger partial charge is 0.506 e. The van der Waals surface area contributed by atoms with Crippen molar-refractivity contribution < 1.29 is 19.4 Å².